The van der Waals surface area contributed by atoms with Crippen molar-refractivity contribution < 1.29 is 9.59 Å². The Kier molecular flexibility index (Phi) is 4.61. The van der Waals surface area contributed by atoms with Crippen molar-refractivity contribution in [3.8, 4) is 0 Å². The van der Waals surface area contributed by atoms with Crippen molar-refractivity contribution in [3.05, 3.63) is 35.7 Å². The van der Waals surface area contributed by atoms with Gasteiger partial charge in [0, 0.05) is 31.8 Å². The molecular formula is C15H21N7O2. The van der Waals surface area contributed by atoms with Crippen LogP contribution in [0.2, 0.25) is 0 Å². The van der Waals surface area contributed by atoms with E-state index in [1.54, 1.807) is 17.4 Å². The van der Waals surface area contributed by atoms with Gasteiger partial charge in [0.1, 0.15) is 0 Å². The largest absolute Gasteiger partial charge is 0.351 e. The summed E-state index contributed by atoms with van der Waals surface area (Å²) < 4.78 is 1.88. The molecule has 4 N–H and O–H groups in total. The summed E-state index contributed by atoms with van der Waals surface area (Å²) >= 11 is 0. The van der Waals surface area contributed by atoms with Crippen LogP contribution in [0.3, 0.4) is 0 Å². The van der Waals surface area contributed by atoms with E-state index < -0.39 is 6.04 Å². The molecule has 9 heteroatoms. The molecule has 0 spiro atoms. The quantitative estimate of drug-likeness (QED) is 0.659. The maximum atomic E-state index is 12.5. The van der Waals surface area contributed by atoms with Gasteiger partial charge in [0.25, 0.3) is 0 Å². The number of carbonyl (C=O) groups excluding carboxylic acids is 2. The third kappa shape index (κ3) is 3.62. The average Bonchev–Trinajstić information content (AvgIpc) is 3.20. The Hall–Kier alpha value is -2.68. The zero-order valence-electron chi connectivity index (χ0n) is 13.5. The van der Waals surface area contributed by atoms with E-state index in [9.17, 15) is 9.59 Å². The van der Waals surface area contributed by atoms with Crippen LogP contribution in [-0.2, 0) is 35.6 Å². The summed E-state index contributed by atoms with van der Waals surface area (Å²) in [6.07, 6.45) is 3.68. The molecule has 24 heavy (non-hydrogen) atoms. The highest BCUT2D eigenvalue weighted by atomic mass is 16.2. The first-order chi connectivity index (χ1) is 11.5. The van der Waals surface area contributed by atoms with Crippen LogP contribution in [0.15, 0.2) is 18.6 Å². The molecule has 128 valence electrons. The molecular weight excluding hydrogens is 310 g/mol. The van der Waals surface area contributed by atoms with Gasteiger partial charge in [-0.2, -0.15) is 5.10 Å². The minimum atomic E-state index is -0.598. The number of amides is 2. The number of imidazole rings is 1. The van der Waals surface area contributed by atoms with Gasteiger partial charge in [0.2, 0.25) is 11.8 Å². The number of fused-ring (bicyclic) bond motifs is 1. The molecule has 0 aromatic carbocycles. The predicted octanol–water partition coefficient (Wildman–Crippen LogP) is -0.845. The van der Waals surface area contributed by atoms with E-state index >= 15 is 0 Å². The maximum Gasteiger partial charge on any atom is 0.240 e. The summed E-state index contributed by atoms with van der Waals surface area (Å²) in [4.78, 5) is 32.2. The third-order valence-corrected chi connectivity index (χ3v) is 3.99. The lowest BCUT2D eigenvalue weighted by Gasteiger charge is -2.29. The molecule has 0 unspecified atom stereocenters. The average molecular weight is 331 g/mol. The molecule has 0 saturated heterocycles. The Morgan fingerprint density at radius 2 is 2.29 bits per heavy atom. The normalized spacial score (nSPS) is 15.0. The summed E-state index contributed by atoms with van der Waals surface area (Å²) in [5, 5.41) is 7.16. The lowest BCUT2D eigenvalue weighted by atomic mass is 10.1. The second-order valence-corrected chi connectivity index (χ2v) is 5.91. The molecule has 3 heterocycles. The smallest absolute Gasteiger partial charge is 0.240 e. The van der Waals surface area contributed by atoms with E-state index in [2.05, 4.69) is 20.4 Å². The Morgan fingerprint density at radius 1 is 1.46 bits per heavy atom. The molecule has 2 aromatic rings. The van der Waals surface area contributed by atoms with Gasteiger partial charge in [0.05, 0.1) is 43.4 Å². The molecule has 0 radical (unpaired) electrons. The first-order valence-corrected chi connectivity index (χ1v) is 7.84. The van der Waals surface area contributed by atoms with Crippen LogP contribution in [0.4, 0.5) is 0 Å². The fraction of sp³-hybridized carbons (Fsp3) is 0.467. The summed E-state index contributed by atoms with van der Waals surface area (Å²) in [6.45, 7) is 3.53. The number of hydrogen-bond acceptors (Lipinski definition) is 5. The number of H-pyrrole nitrogens is 1. The first-order valence-electron chi connectivity index (χ1n) is 7.84. The first kappa shape index (κ1) is 16.2. The van der Waals surface area contributed by atoms with Crippen LogP contribution < -0.4 is 11.1 Å². The molecule has 1 atom stereocenters. The van der Waals surface area contributed by atoms with Crippen molar-refractivity contribution in [2.45, 2.75) is 39.0 Å². The zero-order chi connectivity index (χ0) is 17.1. The lowest BCUT2D eigenvalue weighted by molar-refractivity contribution is -0.134. The van der Waals surface area contributed by atoms with Gasteiger partial charge >= 0.3 is 0 Å². The highest BCUT2D eigenvalue weighted by Crippen LogP contribution is 2.15. The molecule has 0 saturated carbocycles. The van der Waals surface area contributed by atoms with Crippen molar-refractivity contribution in [3.63, 3.8) is 0 Å². The minimum Gasteiger partial charge on any atom is -0.351 e. The summed E-state index contributed by atoms with van der Waals surface area (Å²) in [5.74, 6) is -0.178. The highest BCUT2D eigenvalue weighted by Gasteiger charge is 2.26. The number of carbonyl (C=O) groups is 2. The number of hydrogen-bond donors (Lipinski definition) is 3. The Morgan fingerprint density at radius 3 is 3.00 bits per heavy atom. The monoisotopic (exact) mass is 331 g/mol. The number of nitrogens with zero attached hydrogens (tertiary/aromatic N) is 4. The predicted molar refractivity (Wildman–Crippen MR) is 85.4 cm³/mol. The fourth-order valence-electron chi connectivity index (χ4n) is 2.77. The topological polar surface area (TPSA) is 122 Å². The van der Waals surface area contributed by atoms with Gasteiger partial charge in [-0.15, -0.1) is 0 Å². The zero-order valence-corrected chi connectivity index (χ0v) is 13.5. The number of nitrogens with two attached hydrogens (primary N) is 1. The Labute approximate surface area is 139 Å². The second kappa shape index (κ2) is 6.83. The number of rotatable bonds is 5. The summed E-state index contributed by atoms with van der Waals surface area (Å²) in [7, 11) is 0. The van der Waals surface area contributed by atoms with Crippen LogP contribution in [0.25, 0.3) is 0 Å². The van der Waals surface area contributed by atoms with E-state index in [4.69, 9.17) is 5.73 Å². The minimum absolute atomic E-state index is 0.0829. The van der Waals surface area contributed by atoms with Gasteiger partial charge in [-0.1, -0.05) is 0 Å². The van der Waals surface area contributed by atoms with Gasteiger partial charge in [-0.25, -0.2) is 4.98 Å². The fourth-order valence-corrected chi connectivity index (χ4v) is 2.77. The van der Waals surface area contributed by atoms with Crippen LogP contribution in [0.1, 0.15) is 24.0 Å². The van der Waals surface area contributed by atoms with Crippen molar-refractivity contribution >= 4 is 11.8 Å². The molecule has 0 bridgehead atoms. The van der Waals surface area contributed by atoms with Crippen LogP contribution in [0, 0.1) is 0 Å². The molecule has 1 aliphatic heterocycles. The number of aromatic amines is 1. The van der Waals surface area contributed by atoms with E-state index in [0.717, 1.165) is 17.1 Å². The molecule has 2 amide bonds. The summed E-state index contributed by atoms with van der Waals surface area (Å²) in [6, 6.07) is 1.31. The van der Waals surface area contributed by atoms with Crippen molar-refractivity contribution in [1.29, 1.82) is 0 Å². The maximum absolute atomic E-state index is 12.5. The third-order valence-electron chi connectivity index (χ3n) is 3.99. The second-order valence-electron chi connectivity index (χ2n) is 5.91. The van der Waals surface area contributed by atoms with Crippen LogP contribution in [0.5, 0.6) is 0 Å². The number of aromatic nitrogens is 4. The van der Waals surface area contributed by atoms with E-state index in [1.807, 2.05) is 10.7 Å². The Balaban J connectivity index is 1.61. The molecule has 1 aliphatic rings. The van der Waals surface area contributed by atoms with Gasteiger partial charge in [0.15, 0.2) is 0 Å². The van der Waals surface area contributed by atoms with Crippen molar-refractivity contribution in [2.24, 2.45) is 5.73 Å². The number of nitrogens with one attached hydrogen (secondary N) is 2. The van der Waals surface area contributed by atoms with Crippen molar-refractivity contribution in [2.75, 3.05) is 6.54 Å². The standard InChI is InChI=1S/C15H21N7O2/c1-10(23)18-7-12-4-13-8-21(2-3-22(13)20-12)15(24)14(16)5-11-6-17-9-19-11/h4,6,9,14H,2-3,5,7-8,16H2,1H3,(H,17,19)(H,18,23)/t14-/m0/s1. The molecule has 0 fully saturated rings. The lowest BCUT2D eigenvalue weighted by Crippen LogP contribution is -2.47. The Bertz CT molecular complexity index is 722. The van der Waals surface area contributed by atoms with Crippen LogP contribution in [-0.4, -0.2) is 49.0 Å². The van der Waals surface area contributed by atoms with Crippen LogP contribution >= 0.6 is 0 Å². The molecule has 0 aliphatic carbocycles. The van der Waals surface area contributed by atoms with Gasteiger partial charge in [-0.3, -0.25) is 14.3 Å². The molecule has 3 rings (SSSR count). The van der Waals surface area contributed by atoms with Crippen molar-refractivity contribution in [1.82, 2.24) is 30.0 Å². The molecule has 2 aromatic heterocycles. The van der Waals surface area contributed by atoms with Gasteiger partial charge in [-0.05, 0) is 6.07 Å². The highest BCUT2D eigenvalue weighted by molar-refractivity contribution is 5.82. The summed E-state index contributed by atoms with van der Waals surface area (Å²) in [5.41, 5.74) is 8.62. The van der Waals surface area contributed by atoms with E-state index in [0.29, 0.717) is 32.6 Å². The van der Waals surface area contributed by atoms with E-state index in [-0.39, 0.29) is 11.8 Å². The SMILES string of the molecule is CC(=O)NCc1cc2n(n1)CCN(C(=O)[C@@H](N)Cc1cnc[nH]1)C2. The molecule has 9 nitrogen and oxygen atoms in total. The van der Waals surface area contributed by atoms with E-state index in [1.165, 1.54) is 6.92 Å². The van der Waals surface area contributed by atoms with Gasteiger partial charge < -0.3 is 20.9 Å².